The van der Waals surface area contributed by atoms with E-state index >= 15 is 0 Å². The molecule has 1 N–H and O–H groups in total. The highest BCUT2D eigenvalue weighted by Crippen LogP contribution is 2.44. The smallest absolute Gasteiger partial charge is 0.301 e. The number of halogens is 1. The van der Waals surface area contributed by atoms with E-state index in [-0.39, 0.29) is 11.3 Å². The summed E-state index contributed by atoms with van der Waals surface area (Å²) in [6.45, 7) is 2.59. The van der Waals surface area contributed by atoms with E-state index < -0.39 is 17.7 Å². The van der Waals surface area contributed by atoms with Crippen LogP contribution in [-0.4, -0.2) is 33.6 Å². The van der Waals surface area contributed by atoms with Gasteiger partial charge in [0, 0.05) is 15.8 Å². The van der Waals surface area contributed by atoms with Crippen molar-refractivity contribution < 1.29 is 19.4 Å². The molecule has 2 heterocycles. The van der Waals surface area contributed by atoms with Gasteiger partial charge in [-0.3, -0.25) is 14.5 Å². The number of benzene rings is 3. The van der Waals surface area contributed by atoms with Crippen molar-refractivity contribution >= 4 is 61.6 Å². The number of hydrogen-bond acceptors (Lipinski definition) is 8. The number of aromatic nitrogens is 2. The molecule has 1 aliphatic rings. The lowest BCUT2D eigenvalue weighted by molar-refractivity contribution is -0.132. The van der Waals surface area contributed by atoms with Crippen LogP contribution in [0.3, 0.4) is 0 Å². The fourth-order valence-electron chi connectivity index (χ4n) is 4.15. The molecule has 4 aromatic rings. The van der Waals surface area contributed by atoms with Crippen LogP contribution in [0, 0.1) is 0 Å². The molecule has 1 amide bonds. The average Bonchev–Trinajstić information content (AvgIpc) is 3.53. The van der Waals surface area contributed by atoms with Gasteiger partial charge in [0.25, 0.3) is 5.78 Å². The lowest BCUT2D eigenvalue weighted by Gasteiger charge is -2.22. The molecule has 0 spiro atoms. The highest BCUT2D eigenvalue weighted by atomic mass is 79.9. The Morgan fingerprint density at radius 2 is 1.74 bits per heavy atom. The van der Waals surface area contributed by atoms with Crippen molar-refractivity contribution in [3.8, 4) is 5.75 Å². The van der Waals surface area contributed by atoms with E-state index in [1.54, 1.807) is 24.3 Å². The van der Waals surface area contributed by atoms with Gasteiger partial charge in [-0.05, 0) is 53.9 Å². The molecule has 39 heavy (non-hydrogen) atoms. The number of carbonyl (C=O) groups is 2. The van der Waals surface area contributed by atoms with Crippen molar-refractivity contribution in [2.24, 2.45) is 0 Å². The number of ketones is 1. The molecule has 1 unspecified atom stereocenters. The minimum absolute atomic E-state index is 0.00163. The standard InChI is InChI=1S/C29H24BrN3O4S2/c1-2-16-37-22-14-10-20(11-15-22)25(34)23-24(19-8-12-21(30)13-9-19)33(27(36)26(23)35)28-31-32-29(39-28)38-17-18-6-4-3-5-7-18/h3-15,24,34H,2,16-17H2,1H3/b25-23+. The number of anilines is 1. The first-order valence-electron chi connectivity index (χ1n) is 12.3. The van der Waals surface area contributed by atoms with Crippen molar-refractivity contribution in [2.45, 2.75) is 29.5 Å². The number of amides is 1. The van der Waals surface area contributed by atoms with Gasteiger partial charge in [-0.25, -0.2) is 0 Å². The van der Waals surface area contributed by atoms with Crippen LogP contribution in [0.2, 0.25) is 0 Å². The molecule has 198 valence electrons. The highest BCUT2D eigenvalue weighted by Gasteiger charge is 2.48. The number of hydrogen-bond donors (Lipinski definition) is 1. The van der Waals surface area contributed by atoms with E-state index in [9.17, 15) is 14.7 Å². The van der Waals surface area contributed by atoms with Crippen molar-refractivity contribution in [3.63, 3.8) is 0 Å². The maximum atomic E-state index is 13.4. The van der Waals surface area contributed by atoms with Gasteiger partial charge in [0.05, 0.1) is 18.2 Å². The summed E-state index contributed by atoms with van der Waals surface area (Å²) in [5, 5.41) is 20.2. The second-order valence-electron chi connectivity index (χ2n) is 8.72. The van der Waals surface area contributed by atoms with Crippen LogP contribution in [0.15, 0.2) is 93.2 Å². The van der Waals surface area contributed by atoms with Crippen LogP contribution in [0.5, 0.6) is 5.75 Å². The summed E-state index contributed by atoms with van der Waals surface area (Å²) in [4.78, 5) is 28.1. The Hall–Kier alpha value is -3.47. The summed E-state index contributed by atoms with van der Waals surface area (Å²) < 4.78 is 7.16. The van der Waals surface area contributed by atoms with Crippen LogP contribution in [-0.2, 0) is 15.3 Å². The first kappa shape index (κ1) is 27.1. The van der Waals surface area contributed by atoms with Crippen molar-refractivity contribution in [2.75, 3.05) is 11.5 Å². The summed E-state index contributed by atoms with van der Waals surface area (Å²) >= 11 is 6.19. The minimum atomic E-state index is -0.867. The monoisotopic (exact) mass is 621 g/mol. The molecule has 0 radical (unpaired) electrons. The van der Waals surface area contributed by atoms with Crippen molar-refractivity contribution in [1.29, 1.82) is 0 Å². The Balaban J connectivity index is 1.51. The van der Waals surface area contributed by atoms with E-state index in [0.29, 0.717) is 38.7 Å². The predicted molar refractivity (Wildman–Crippen MR) is 157 cm³/mol. The molecule has 0 saturated carbocycles. The maximum absolute atomic E-state index is 13.4. The number of ether oxygens (including phenoxy) is 1. The third kappa shape index (κ3) is 5.93. The zero-order chi connectivity index (χ0) is 27.4. The highest BCUT2D eigenvalue weighted by molar-refractivity contribution is 9.10. The van der Waals surface area contributed by atoms with Gasteiger partial charge >= 0.3 is 5.91 Å². The topological polar surface area (TPSA) is 92.6 Å². The molecule has 1 atom stereocenters. The maximum Gasteiger partial charge on any atom is 0.301 e. The molecule has 1 aromatic heterocycles. The first-order chi connectivity index (χ1) is 19.0. The molecule has 1 aliphatic heterocycles. The Labute approximate surface area is 242 Å². The van der Waals surface area contributed by atoms with E-state index in [2.05, 4.69) is 26.1 Å². The predicted octanol–water partition coefficient (Wildman–Crippen LogP) is 7.01. The number of nitrogens with zero attached hydrogens (tertiary/aromatic N) is 3. The fraction of sp³-hybridized carbons (Fsp3) is 0.172. The van der Waals surface area contributed by atoms with Gasteiger partial charge in [0.15, 0.2) is 4.34 Å². The van der Waals surface area contributed by atoms with E-state index in [1.807, 2.05) is 61.5 Å². The Kier molecular flexibility index (Phi) is 8.44. The molecule has 10 heteroatoms. The van der Waals surface area contributed by atoms with Gasteiger partial charge in [-0.2, -0.15) is 0 Å². The second-order valence-corrected chi connectivity index (χ2v) is 11.8. The third-order valence-electron chi connectivity index (χ3n) is 6.04. The minimum Gasteiger partial charge on any atom is -0.507 e. The van der Waals surface area contributed by atoms with E-state index in [0.717, 1.165) is 16.5 Å². The molecule has 1 saturated heterocycles. The number of aliphatic hydroxyl groups excluding tert-OH is 1. The summed E-state index contributed by atoms with van der Waals surface area (Å²) in [6, 6.07) is 23.2. The van der Waals surface area contributed by atoms with Crippen LogP contribution < -0.4 is 9.64 Å². The van der Waals surface area contributed by atoms with Crippen LogP contribution >= 0.6 is 39.0 Å². The SMILES string of the molecule is CCCOc1ccc(/C(O)=C2\C(=O)C(=O)N(c3nnc(SCc4ccccc4)s3)C2c2ccc(Br)cc2)cc1. The molecular weight excluding hydrogens is 598 g/mol. The zero-order valence-corrected chi connectivity index (χ0v) is 24.1. The normalized spacial score (nSPS) is 16.6. The van der Waals surface area contributed by atoms with Gasteiger partial charge < -0.3 is 9.84 Å². The van der Waals surface area contributed by atoms with Gasteiger partial charge in [-0.1, -0.05) is 88.4 Å². The molecule has 3 aromatic carbocycles. The van der Waals surface area contributed by atoms with Crippen LogP contribution in [0.4, 0.5) is 5.13 Å². The lowest BCUT2D eigenvalue weighted by Crippen LogP contribution is -2.29. The van der Waals surface area contributed by atoms with E-state index in [4.69, 9.17) is 4.74 Å². The van der Waals surface area contributed by atoms with Crippen LogP contribution in [0.1, 0.15) is 36.1 Å². The molecule has 0 bridgehead atoms. The molecule has 1 fully saturated rings. The van der Waals surface area contributed by atoms with Gasteiger partial charge in [0.1, 0.15) is 11.5 Å². The summed E-state index contributed by atoms with van der Waals surface area (Å²) in [6.07, 6.45) is 0.871. The van der Waals surface area contributed by atoms with Gasteiger partial charge in [-0.15, -0.1) is 10.2 Å². The molecule has 5 rings (SSSR count). The number of aliphatic hydroxyl groups is 1. The zero-order valence-electron chi connectivity index (χ0n) is 20.9. The Bertz CT molecular complexity index is 1510. The number of rotatable bonds is 9. The fourth-order valence-corrected chi connectivity index (χ4v) is 6.24. The molecular formula is C29H24BrN3O4S2. The van der Waals surface area contributed by atoms with Crippen molar-refractivity contribution in [1.82, 2.24) is 10.2 Å². The quantitative estimate of drug-likeness (QED) is 0.0706. The average molecular weight is 623 g/mol. The summed E-state index contributed by atoms with van der Waals surface area (Å²) in [5.41, 5.74) is 2.21. The lowest BCUT2D eigenvalue weighted by atomic mass is 9.95. The van der Waals surface area contributed by atoms with Crippen LogP contribution in [0.25, 0.3) is 5.76 Å². The summed E-state index contributed by atoms with van der Waals surface area (Å²) in [5.74, 6) is -0.437. The second kappa shape index (κ2) is 12.1. The summed E-state index contributed by atoms with van der Waals surface area (Å²) in [7, 11) is 0. The van der Waals surface area contributed by atoms with Gasteiger partial charge in [0.2, 0.25) is 5.13 Å². The van der Waals surface area contributed by atoms with Crippen molar-refractivity contribution in [3.05, 3.63) is 106 Å². The Morgan fingerprint density at radius 1 is 1.03 bits per heavy atom. The number of Topliss-reactive ketones (excluding diaryl/α,β-unsaturated/α-hetero) is 1. The molecule has 0 aliphatic carbocycles. The Morgan fingerprint density at radius 3 is 2.44 bits per heavy atom. The molecule has 7 nitrogen and oxygen atoms in total. The number of carbonyl (C=O) groups excluding carboxylic acids is 2. The largest absolute Gasteiger partial charge is 0.507 e. The first-order valence-corrected chi connectivity index (χ1v) is 14.9. The van der Waals surface area contributed by atoms with E-state index in [1.165, 1.54) is 28.0 Å². The number of thioether (sulfide) groups is 1. The third-order valence-corrected chi connectivity index (χ3v) is 8.69.